The average Bonchev–Trinajstić information content (AvgIpc) is 2.67. The van der Waals surface area contributed by atoms with E-state index in [9.17, 15) is 4.79 Å². The first-order valence-electron chi connectivity index (χ1n) is 7.80. The average molecular weight is 367 g/mol. The summed E-state index contributed by atoms with van der Waals surface area (Å²) in [6, 6.07) is 14.3. The number of methoxy groups -OCH3 is 2. The monoisotopic (exact) mass is 367 g/mol. The number of carbonyl (C=O) groups is 1. The van der Waals surface area contributed by atoms with E-state index < -0.39 is 0 Å². The van der Waals surface area contributed by atoms with Crippen molar-refractivity contribution in [3.05, 3.63) is 60.3 Å². The van der Waals surface area contributed by atoms with Crippen molar-refractivity contribution in [1.82, 2.24) is 10.3 Å². The molecule has 7 heteroatoms. The molecule has 26 heavy (non-hydrogen) atoms. The Morgan fingerprint density at radius 2 is 1.77 bits per heavy atom. The predicted molar refractivity (Wildman–Crippen MR) is 105 cm³/mol. The van der Waals surface area contributed by atoms with E-state index in [2.05, 4.69) is 15.6 Å². The van der Waals surface area contributed by atoms with Crippen LogP contribution in [0.4, 0.5) is 5.69 Å². The minimum Gasteiger partial charge on any atom is -0.497 e. The maximum absolute atomic E-state index is 12.5. The second-order valence-corrected chi connectivity index (χ2v) is 5.79. The maximum atomic E-state index is 12.5. The number of fused-ring (bicyclic) bond motifs is 1. The normalized spacial score (nSPS) is 10.2. The molecular formula is C19H17N3O3S. The van der Waals surface area contributed by atoms with Gasteiger partial charge in [0.15, 0.2) is 5.11 Å². The van der Waals surface area contributed by atoms with Gasteiger partial charge < -0.3 is 14.8 Å². The van der Waals surface area contributed by atoms with Gasteiger partial charge in [-0.2, -0.15) is 0 Å². The minimum atomic E-state index is -0.363. The number of hydrogen-bond donors (Lipinski definition) is 2. The summed E-state index contributed by atoms with van der Waals surface area (Å²) in [6.07, 6.45) is 1.72. The molecule has 3 aromatic rings. The third kappa shape index (κ3) is 3.89. The SMILES string of the molecule is COc1cc(OC)cc(C(=O)NC(=S)Nc2cccc3ncccc23)c1. The van der Waals surface area contributed by atoms with E-state index in [4.69, 9.17) is 21.7 Å². The molecule has 0 aliphatic rings. The van der Waals surface area contributed by atoms with E-state index >= 15 is 0 Å². The molecule has 1 heterocycles. The van der Waals surface area contributed by atoms with Crippen molar-refractivity contribution in [2.75, 3.05) is 19.5 Å². The van der Waals surface area contributed by atoms with E-state index in [1.807, 2.05) is 30.3 Å². The zero-order chi connectivity index (χ0) is 18.5. The van der Waals surface area contributed by atoms with Crippen LogP contribution in [0.5, 0.6) is 11.5 Å². The minimum absolute atomic E-state index is 0.188. The first-order valence-corrected chi connectivity index (χ1v) is 8.20. The van der Waals surface area contributed by atoms with Crippen LogP contribution in [-0.4, -0.2) is 30.2 Å². The fraction of sp³-hybridized carbons (Fsp3) is 0.105. The van der Waals surface area contributed by atoms with Gasteiger partial charge in [-0.25, -0.2) is 0 Å². The van der Waals surface area contributed by atoms with Gasteiger partial charge in [-0.1, -0.05) is 6.07 Å². The Hall–Kier alpha value is -3.19. The number of rotatable bonds is 4. The van der Waals surface area contributed by atoms with Gasteiger partial charge in [0.1, 0.15) is 11.5 Å². The molecule has 0 aliphatic carbocycles. The van der Waals surface area contributed by atoms with E-state index in [-0.39, 0.29) is 11.0 Å². The second-order valence-electron chi connectivity index (χ2n) is 5.39. The Morgan fingerprint density at radius 1 is 1.04 bits per heavy atom. The number of hydrogen-bond acceptors (Lipinski definition) is 5. The standard InChI is InChI=1S/C19H17N3O3S/c1-24-13-9-12(10-14(11-13)25-2)18(23)22-19(26)21-17-7-3-6-16-15(17)5-4-8-20-16/h3-11H,1-2H3,(H2,21,22,23,26). The van der Waals surface area contributed by atoms with Gasteiger partial charge in [0, 0.05) is 28.9 Å². The third-order valence-electron chi connectivity index (χ3n) is 3.73. The van der Waals surface area contributed by atoms with Gasteiger partial charge in [0.05, 0.1) is 19.7 Å². The molecule has 0 atom stereocenters. The Kier molecular flexibility index (Phi) is 5.28. The Bertz CT molecular complexity index is 948. The Balaban J connectivity index is 1.76. The van der Waals surface area contributed by atoms with E-state index in [0.717, 1.165) is 16.6 Å². The Morgan fingerprint density at radius 3 is 2.46 bits per heavy atom. The number of carbonyl (C=O) groups excluding carboxylic acids is 1. The van der Waals surface area contributed by atoms with Gasteiger partial charge in [0.25, 0.3) is 5.91 Å². The first kappa shape index (κ1) is 17.6. The van der Waals surface area contributed by atoms with Crippen LogP contribution in [0.25, 0.3) is 10.9 Å². The van der Waals surface area contributed by atoms with Crippen LogP contribution >= 0.6 is 12.2 Å². The highest BCUT2D eigenvalue weighted by Gasteiger charge is 2.12. The van der Waals surface area contributed by atoms with Gasteiger partial charge >= 0.3 is 0 Å². The number of aromatic nitrogens is 1. The van der Waals surface area contributed by atoms with Crippen molar-refractivity contribution in [3.63, 3.8) is 0 Å². The van der Waals surface area contributed by atoms with Gasteiger partial charge in [-0.15, -0.1) is 0 Å². The lowest BCUT2D eigenvalue weighted by Crippen LogP contribution is -2.34. The number of nitrogens with one attached hydrogen (secondary N) is 2. The fourth-order valence-corrected chi connectivity index (χ4v) is 2.68. The van der Waals surface area contributed by atoms with Crippen LogP contribution in [-0.2, 0) is 0 Å². The number of anilines is 1. The van der Waals surface area contributed by atoms with E-state index in [1.165, 1.54) is 14.2 Å². The van der Waals surface area contributed by atoms with Crippen LogP contribution in [0.3, 0.4) is 0 Å². The molecule has 3 rings (SSSR count). The largest absolute Gasteiger partial charge is 0.497 e. The van der Waals surface area contributed by atoms with Crippen LogP contribution < -0.4 is 20.1 Å². The number of benzene rings is 2. The predicted octanol–water partition coefficient (Wildman–Crippen LogP) is 3.38. The number of thiocarbonyl (C=S) groups is 1. The summed E-state index contributed by atoms with van der Waals surface area (Å²) in [7, 11) is 3.05. The molecule has 0 saturated carbocycles. The highest BCUT2D eigenvalue weighted by Crippen LogP contribution is 2.23. The highest BCUT2D eigenvalue weighted by atomic mass is 32.1. The van der Waals surface area contributed by atoms with Crippen LogP contribution in [0.2, 0.25) is 0 Å². The van der Waals surface area contributed by atoms with Crippen LogP contribution in [0.1, 0.15) is 10.4 Å². The van der Waals surface area contributed by atoms with Gasteiger partial charge in [0.2, 0.25) is 0 Å². The molecule has 6 nitrogen and oxygen atoms in total. The summed E-state index contributed by atoms with van der Waals surface area (Å²) in [5.74, 6) is 0.681. The van der Waals surface area contributed by atoms with E-state index in [0.29, 0.717) is 17.1 Å². The molecule has 0 bridgehead atoms. The molecule has 0 aliphatic heterocycles. The zero-order valence-corrected chi connectivity index (χ0v) is 15.1. The van der Waals surface area contributed by atoms with Crippen molar-refractivity contribution in [2.24, 2.45) is 0 Å². The molecular weight excluding hydrogens is 350 g/mol. The van der Waals surface area contributed by atoms with Crippen LogP contribution in [0.15, 0.2) is 54.7 Å². The molecule has 2 N–H and O–H groups in total. The molecule has 0 spiro atoms. The molecule has 0 saturated heterocycles. The second kappa shape index (κ2) is 7.79. The van der Waals surface area contributed by atoms with Crippen molar-refractivity contribution in [1.29, 1.82) is 0 Å². The molecule has 1 amide bonds. The maximum Gasteiger partial charge on any atom is 0.257 e. The fourth-order valence-electron chi connectivity index (χ4n) is 2.48. The topological polar surface area (TPSA) is 72.5 Å². The molecule has 0 unspecified atom stereocenters. The van der Waals surface area contributed by atoms with Crippen molar-refractivity contribution >= 4 is 39.8 Å². The number of nitrogens with zero attached hydrogens (tertiary/aromatic N) is 1. The number of ether oxygens (including phenoxy) is 2. The zero-order valence-electron chi connectivity index (χ0n) is 14.3. The summed E-state index contributed by atoms with van der Waals surface area (Å²) >= 11 is 5.27. The summed E-state index contributed by atoms with van der Waals surface area (Å²) in [5.41, 5.74) is 1.98. The van der Waals surface area contributed by atoms with Gasteiger partial charge in [-0.3, -0.25) is 15.1 Å². The van der Waals surface area contributed by atoms with E-state index in [1.54, 1.807) is 24.4 Å². The molecule has 132 valence electrons. The number of pyridine rings is 1. The van der Waals surface area contributed by atoms with Crippen LogP contribution in [0, 0.1) is 0 Å². The Labute approximate surface area is 156 Å². The quantitative estimate of drug-likeness (QED) is 0.689. The third-order valence-corrected chi connectivity index (χ3v) is 3.94. The summed E-state index contributed by atoms with van der Waals surface area (Å²) in [5, 5.41) is 6.80. The molecule has 1 aromatic heterocycles. The summed E-state index contributed by atoms with van der Waals surface area (Å²) < 4.78 is 10.4. The van der Waals surface area contributed by atoms with Gasteiger partial charge in [-0.05, 0) is 48.6 Å². The highest BCUT2D eigenvalue weighted by molar-refractivity contribution is 7.80. The molecule has 0 fully saturated rings. The lowest BCUT2D eigenvalue weighted by atomic mass is 10.2. The number of amides is 1. The van der Waals surface area contributed by atoms with Crippen molar-refractivity contribution < 1.29 is 14.3 Å². The smallest absolute Gasteiger partial charge is 0.257 e. The lowest BCUT2D eigenvalue weighted by molar-refractivity contribution is 0.0977. The lowest BCUT2D eigenvalue weighted by Gasteiger charge is -2.12. The van der Waals surface area contributed by atoms with Crippen molar-refractivity contribution in [2.45, 2.75) is 0 Å². The summed E-state index contributed by atoms with van der Waals surface area (Å²) in [4.78, 5) is 16.8. The molecule has 0 radical (unpaired) electrons. The summed E-state index contributed by atoms with van der Waals surface area (Å²) in [6.45, 7) is 0. The van der Waals surface area contributed by atoms with Crippen molar-refractivity contribution in [3.8, 4) is 11.5 Å². The first-order chi connectivity index (χ1) is 12.6. The molecule has 2 aromatic carbocycles.